The molecule has 1 fully saturated rings. The molecule has 0 atom stereocenters. The average Bonchev–Trinajstić information content (AvgIpc) is 3.05. The SMILES string of the molecule is CCOC(=O)c1cnc(NC2(c3ccccc3)CCN(S(=O)(=O)c3ccccc3C(=O)OCc3ccccc3)CC2)nc1. The smallest absolute Gasteiger partial charge is 0.341 e. The molecular formula is C32H32N4O6S. The highest BCUT2D eigenvalue weighted by Crippen LogP contribution is 2.37. The summed E-state index contributed by atoms with van der Waals surface area (Å²) in [5.74, 6) is -0.905. The van der Waals surface area contributed by atoms with Crippen molar-refractivity contribution in [3.05, 3.63) is 120 Å². The van der Waals surface area contributed by atoms with Crippen LogP contribution in [-0.2, 0) is 31.6 Å². The lowest BCUT2D eigenvalue weighted by atomic mass is 9.81. The van der Waals surface area contributed by atoms with Crippen LogP contribution in [0.3, 0.4) is 0 Å². The fourth-order valence-electron chi connectivity index (χ4n) is 5.08. The molecule has 1 aliphatic rings. The van der Waals surface area contributed by atoms with E-state index in [9.17, 15) is 18.0 Å². The Kier molecular flexibility index (Phi) is 9.13. The fourth-order valence-corrected chi connectivity index (χ4v) is 6.70. The van der Waals surface area contributed by atoms with Gasteiger partial charge in [0.25, 0.3) is 0 Å². The Balaban J connectivity index is 1.35. The van der Waals surface area contributed by atoms with Gasteiger partial charge in [0.05, 0.1) is 28.2 Å². The van der Waals surface area contributed by atoms with Crippen LogP contribution in [0, 0.1) is 0 Å². The molecule has 0 amide bonds. The first-order valence-corrected chi connectivity index (χ1v) is 15.4. The van der Waals surface area contributed by atoms with Crippen LogP contribution in [0.15, 0.2) is 102 Å². The minimum absolute atomic E-state index is 0.00783. The van der Waals surface area contributed by atoms with Crippen LogP contribution in [0.25, 0.3) is 0 Å². The van der Waals surface area contributed by atoms with E-state index in [-0.39, 0.29) is 42.3 Å². The van der Waals surface area contributed by atoms with E-state index in [1.165, 1.54) is 28.8 Å². The molecule has 2 heterocycles. The number of ether oxygens (including phenoxy) is 2. The van der Waals surface area contributed by atoms with Gasteiger partial charge in [-0.3, -0.25) is 0 Å². The normalized spacial score (nSPS) is 14.9. The van der Waals surface area contributed by atoms with Crippen molar-refractivity contribution in [2.75, 3.05) is 25.0 Å². The van der Waals surface area contributed by atoms with Crippen LogP contribution in [0.5, 0.6) is 0 Å². The van der Waals surface area contributed by atoms with E-state index in [1.54, 1.807) is 19.1 Å². The van der Waals surface area contributed by atoms with Crippen molar-refractivity contribution in [3.8, 4) is 0 Å². The summed E-state index contributed by atoms with van der Waals surface area (Å²) < 4.78 is 39.6. The topological polar surface area (TPSA) is 128 Å². The molecule has 1 saturated heterocycles. The zero-order valence-corrected chi connectivity index (χ0v) is 24.5. The number of nitrogens with one attached hydrogen (secondary N) is 1. The lowest BCUT2D eigenvalue weighted by Gasteiger charge is -2.42. The van der Waals surface area contributed by atoms with Gasteiger partial charge in [-0.05, 0) is 43.0 Å². The molecule has 222 valence electrons. The minimum atomic E-state index is -4.02. The highest BCUT2D eigenvalue weighted by Gasteiger charge is 2.41. The second-order valence-corrected chi connectivity index (χ2v) is 12.0. The molecule has 0 saturated carbocycles. The molecule has 5 rings (SSSR count). The van der Waals surface area contributed by atoms with Crippen LogP contribution < -0.4 is 5.32 Å². The van der Waals surface area contributed by atoms with Crippen molar-refractivity contribution in [1.29, 1.82) is 0 Å². The first-order chi connectivity index (χ1) is 20.8. The van der Waals surface area contributed by atoms with Gasteiger partial charge in [-0.1, -0.05) is 72.8 Å². The van der Waals surface area contributed by atoms with E-state index in [4.69, 9.17) is 9.47 Å². The predicted octanol–water partition coefficient (Wildman–Crippen LogP) is 4.80. The number of rotatable bonds is 10. The van der Waals surface area contributed by atoms with Gasteiger partial charge in [0, 0.05) is 25.5 Å². The number of piperidine rings is 1. The zero-order valence-electron chi connectivity index (χ0n) is 23.7. The third-order valence-electron chi connectivity index (χ3n) is 7.35. The molecule has 1 N–H and O–H groups in total. The lowest BCUT2D eigenvalue weighted by Crippen LogP contribution is -2.49. The number of esters is 2. The van der Waals surface area contributed by atoms with Crippen LogP contribution >= 0.6 is 0 Å². The van der Waals surface area contributed by atoms with Crippen molar-refractivity contribution in [1.82, 2.24) is 14.3 Å². The van der Waals surface area contributed by atoms with E-state index in [2.05, 4.69) is 15.3 Å². The van der Waals surface area contributed by atoms with Gasteiger partial charge in [-0.2, -0.15) is 4.31 Å². The first kappa shape index (κ1) is 29.9. The van der Waals surface area contributed by atoms with E-state index in [0.29, 0.717) is 18.8 Å². The summed E-state index contributed by atoms with van der Waals surface area (Å²) in [6, 6.07) is 25.0. The molecular weight excluding hydrogens is 568 g/mol. The average molecular weight is 601 g/mol. The van der Waals surface area contributed by atoms with E-state index in [0.717, 1.165) is 11.1 Å². The van der Waals surface area contributed by atoms with Gasteiger partial charge in [-0.25, -0.2) is 28.0 Å². The minimum Gasteiger partial charge on any atom is -0.462 e. The monoisotopic (exact) mass is 600 g/mol. The number of nitrogens with zero attached hydrogens (tertiary/aromatic N) is 3. The van der Waals surface area contributed by atoms with Crippen molar-refractivity contribution in [3.63, 3.8) is 0 Å². The van der Waals surface area contributed by atoms with Crippen molar-refractivity contribution in [2.24, 2.45) is 0 Å². The van der Waals surface area contributed by atoms with Gasteiger partial charge in [0.15, 0.2) is 0 Å². The summed E-state index contributed by atoms with van der Waals surface area (Å²) in [6.45, 7) is 2.36. The van der Waals surface area contributed by atoms with E-state index < -0.39 is 27.5 Å². The Morgan fingerprint density at radius 1 is 0.837 bits per heavy atom. The first-order valence-electron chi connectivity index (χ1n) is 14.0. The molecule has 4 aromatic rings. The number of carbonyl (C=O) groups is 2. The predicted molar refractivity (Wildman–Crippen MR) is 160 cm³/mol. The van der Waals surface area contributed by atoms with Gasteiger partial charge in [0.1, 0.15) is 6.61 Å². The van der Waals surface area contributed by atoms with E-state index >= 15 is 0 Å². The summed E-state index contributed by atoms with van der Waals surface area (Å²) in [7, 11) is -4.02. The summed E-state index contributed by atoms with van der Waals surface area (Å²) in [5.41, 5.74) is 1.31. The van der Waals surface area contributed by atoms with Crippen LogP contribution in [-0.4, -0.2) is 54.3 Å². The van der Waals surface area contributed by atoms with Gasteiger partial charge >= 0.3 is 11.9 Å². The molecule has 1 aliphatic heterocycles. The van der Waals surface area contributed by atoms with Gasteiger partial charge in [0.2, 0.25) is 16.0 Å². The number of hydrogen-bond acceptors (Lipinski definition) is 9. The summed E-state index contributed by atoms with van der Waals surface area (Å²) in [5, 5.41) is 3.41. The molecule has 0 aliphatic carbocycles. The highest BCUT2D eigenvalue weighted by molar-refractivity contribution is 7.89. The molecule has 1 aromatic heterocycles. The summed E-state index contributed by atoms with van der Waals surface area (Å²) in [6.07, 6.45) is 3.61. The maximum absolute atomic E-state index is 13.9. The number of aromatic nitrogens is 2. The maximum Gasteiger partial charge on any atom is 0.341 e. The second-order valence-electron chi connectivity index (χ2n) is 10.1. The standard InChI is InChI=1S/C32H32N4O6S/c1-2-41-29(37)25-21-33-31(34-22-25)35-32(26-13-7-4-8-14-26)17-19-36(20-18-32)43(39,40)28-16-10-9-15-27(28)30(38)42-23-24-11-5-3-6-12-24/h3-16,21-22H,2,17-20,23H2,1H3,(H,33,34,35). The quantitative estimate of drug-likeness (QED) is 0.255. The van der Waals surface area contributed by atoms with Gasteiger partial charge in [-0.15, -0.1) is 0 Å². The van der Waals surface area contributed by atoms with Crippen molar-refractivity contribution in [2.45, 2.75) is 36.8 Å². The molecule has 10 nitrogen and oxygen atoms in total. The zero-order chi connectivity index (χ0) is 30.3. The Hall–Kier alpha value is -4.61. The Morgan fingerprint density at radius 3 is 2.09 bits per heavy atom. The van der Waals surface area contributed by atoms with Crippen LogP contribution in [0.4, 0.5) is 5.95 Å². The summed E-state index contributed by atoms with van der Waals surface area (Å²) in [4.78, 5) is 33.6. The number of benzene rings is 3. The molecule has 43 heavy (non-hydrogen) atoms. The third kappa shape index (κ3) is 6.73. The number of carbonyl (C=O) groups excluding carboxylic acids is 2. The highest BCUT2D eigenvalue weighted by atomic mass is 32.2. The van der Waals surface area contributed by atoms with Crippen LogP contribution in [0.2, 0.25) is 0 Å². The number of sulfonamides is 1. The van der Waals surface area contributed by atoms with Crippen molar-refractivity contribution < 1.29 is 27.5 Å². The molecule has 3 aromatic carbocycles. The Morgan fingerprint density at radius 2 is 1.44 bits per heavy atom. The maximum atomic E-state index is 13.9. The Labute approximate surface area is 250 Å². The lowest BCUT2D eigenvalue weighted by molar-refractivity contribution is 0.0466. The van der Waals surface area contributed by atoms with Gasteiger partial charge < -0.3 is 14.8 Å². The molecule has 11 heteroatoms. The van der Waals surface area contributed by atoms with Crippen LogP contribution in [0.1, 0.15) is 51.6 Å². The number of anilines is 1. The Bertz CT molecular complexity index is 1660. The molecule has 0 spiro atoms. The fraction of sp³-hybridized carbons (Fsp3) is 0.250. The van der Waals surface area contributed by atoms with Crippen molar-refractivity contribution >= 4 is 27.9 Å². The molecule has 0 radical (unpaired) electrons. The largest absolute Gasteiger partial charge is 0.462 e. The second kappa shape index (κ2) is 13.1. The number of hydrogen-bond donors (Lipinski definition) is 1. The third-order valence-corrected chi connectivity index (χ3v) is 9.31. The van der Waals surface area contributed by atoms with E-state index in [1.807, 2.05) is 60.7 Å². The summed E-state index contributed by atoms with van der Waals surface area (Å²) >= 11 is 0. The molecule has 0 unspecified atom stereocenters. The molecule has 0 bridgehead atoms.